The molecule has 2 aliphatic rings. The lowest BCUT2D eigenvalue weighted by atomic mass is 9.93. The fourth-order valence-corrected chi connectivity index (χ4v) is 3.15. The van der Waals surface area contributed by atoms with Crippen LogP contribution < -0.4 is 0 Å². The number of hydrogen-bond acceptors (Lipinski definition) is 3. The molecule has 100 valence electrons. The van der Waals surface area contributed by atoms with E-state index in [-0.39, 0.29) is 5.56 Å². The molecule has 4 rings (SSSR count). The molecule has 0 radical (unpaired) electrons. The van der Waals surface area contributed by atoms with Gasteiger partial charge < -0.3 is 10.0 Å². The Kier molecular flexibility index (Phi) is 2.26. The smallest absolute Gasteiger partial charge is 0.196 e. The van der Waals surface area contributed by atoms with Gasteiger partial charge >= 0.3 is 0 Å². The van der Waals surface area contributed by atoms with Gasteiger partial charge in [-0.05, 0) is 6.07 Å². The number of nitrogens with zero attached hydrogens (tertiary/aromatic N) is 2. The number of fused-ring (bicyclic) bond motifs is 3. The molecule has 4 heteroatoms. The lowest BCUT2D eigenvalue weighted by molar-refractivity contribution is -0.0271. The highest BCUT2D eigenvalue weighted by molar-refractivity contribution is 6.05. The first-order chi connectivity index (χ1) is 9.73. The van der Waals surface area contributed by atoms with E-state index in [1.807, 2.05) is 24.3 Å². The summed E-state index contributed by atoms with van der Waals surface area (Å²) in [6.07, 6.45) is 0. The third-order valence-corrected chi connectivity index (χ3v) is 4.02. The second kappa shape index (κ2) is 3.90. The molecule has 0 saturated heterocycles. The van der Waals surface area contributed by atoms with Gasteiger partial charge in [-0.1, -0.05) is 42.5 Å². The fourth-order valence-electron chi connectivity index (χ4n) is 3.15. The molecule has 0 fully saturated rings. The van der Waals surface area contributed by atoms with Crippen LogP contribution in [0.25, 0.3) is 0 Å². The minimum Gasteiger partial charge on any atom is -0.363 e. The van der Waals surface area contributed by atoms with Crippen LogP contribution in [0.3, 0.4) is 0 Å². The summed E-state index contributed by atoms with van der Waals surface area (Å²) in [6, 6.07) is 13.9. The largest absolute Gasteiger partial charge is 0.363 e. The van der Waals surface area contributed by atoms with Crippen molar-refractivity contribution in [2.75, 3.05) is 13.1 Å². The van der Waals surface area contributed by atoms with Gasteiger partial charge in [-0.2, -0.15) is 0 Å². The van der Waals surface area contributed by atoms with Gasteiger partial charge in [0.2, 0.25) is 0 Å². The van der Waals surface area contributed by atoms with E-state index in [0.29, 0.717) is 18.7 Å². The molecule has 0 aromatic heterocycles. The molecule has 0 saturated carbocycles. The van der Waals surface area contributed by atoms with Gasteiger partial charge in [-0.25, -0.2) is 4.39 Å². The van der Waals surface area contributed by atoms with E-state index < -0.39 is 11.5 Å². The Hall–Kier alpha value is -2.20. The third kappa shape index (κ3) is 1.29. The Balaban J connectivity index is 2.03. The number of rotatable bonds is 1. The standard InChI is InChI=1S/C16H13FN2O/c17-14-8-4-3-7-13(14)16(20)12-6-2-1-5-11(12)15-18-9-10-19(15)16/h1-8,20H,9-10H2. The minimum absolute atomic E-state index is 0.277. The number of benzene rings is 2. The maximum atomic E-state index is 14.2. The zero-order valence-electron chi connectivity index (χ0n) is 10.8. The Morgan fingerprint density at radius 3 is 2.55 bits per heavy atom. The normalized spacial score (nSPS) is 23.5. The molecule has 1 N–H and O–H groups in total. The van der Waals surface area contributed by atoms with Crippen molar-refractivity contribution in [2.45, 2.75) is 5.72 Å². The van der Waals surface area contributed by atoms with Gasteiger partial charge in [-0.3, -0.25) is 4.99 Å². The van der Waals surface area contributed by atoms with E-state index in [0.717, 1.165) is 11.4 Å². The van der Waals surface area contributed by atoms with Crippen molar-refractivity contribution >= 4 is 5.84 Å². The van der Waals surface area contributed by atoms with Gasteiger partial charge in [-0.15, -0.1) is 0 Å². The van der Waals surface area contributed by atoms with Crippen LogP contribution in [0.2, 0.25) is 0 Å². The van der Waals surface area contributed by atoms with Gasteiger partial charge in [0.1, 0.15) is 11.7 Å². The summed E-state index contributed by atoms with van der Waals surface area (Å²) in [5.74, 6) is 0.351. The van der Waals surface area contributed by atoms with Crippen molar-refractivity contribution in [2.24, 2.45) is 4.99 Å². The molecule has 2 heterocycles. The van der Waals surface area contributed by atoms with Crippen LogP contribution in [0, 0.1) is 5.82 Å². The SMILES string of the molecule is OC1(c2ccccc2F)c2ccccc2C2=NCCN21. The Bertz CT molecular complexity index is 728. The Morgan fingerprint density at radius 2 is 1.75 bits per heavy atom. The summed E-state index contributed by atoms with van der Waals surface area (Å²) in [6.45, 7) is 1.22. The van der Waals surface area contributed by atoms with Gasteiger partial charge in [0.25, 0.3) is 0 Å². The second-order valence-electron chi connectivity index (χ2n) is 5.05. The first-order valence-corrected chi connectivity index (χ1v) is 6.62. The summed E-state index contributed by atoms with van der Waals surface area (Å²) < 4.78 is 14.2. The van der Waals surface area contributed by atoms with Crippen molar-refractivity contribution in [1.29, 1.82) is 0 Å². The van der Waals surface area contributed by atoms with Crippen LogP contribution in [0.4, 0.5) is 4.39 Å². The summed E-state index contributed by atoms with van der Waals surface area (Å²) >= 11 is 0. The molecule has 20 heavy (non-hydrogen) atoms. The zero-order valence-corrected chi connectivity index (χ0v) is 10.8. The summed E-state index contributed by atoms with van der Waals surface area (Å²) in [5, 5.41) is 11.3. The van der Waals surface area contributed by atoms with E-state index in [1.54, 1.807) is 23.1 Å². The van der Waals surface area contributed by atoms with Crippen LogP contribution in [0.5, 0.6) is 0 Å². The lowest BCUT2D eigenvalue weighted by Crippen LogP contribution is -2.44. The molecule has 0 amide bonds. The molecule has 3 nitrogen and oxygen atoms in total. The van der Waals surface area contributed by atoms with E-state index in [2.05, 4.69) is 4.99 Å². The van der Waals surface area contributed by atoms with E-state index in [9.17, 15) is 9.50 Å². The Labute approximate surface area is 116 Å². The topological polar surface area (TPSA) is 35.8 Å². The maximum absolute atomic E-state index is 14.2. The highest BCUT2D eigenvalue weighted by Crippen LogP contribution is 2.44. The monoisotopic (exact) mass is 268 g/mol. The van der Waals surface area contributed by atoms with Crippen LogP contribution in [0.15, 0.2) is 53.5 Å². The van der Waals surface area contributed by atoms with Crippen LogP contribution in [0.1, 0.15) is 16.7 Å². The number of halogens is 1. The van der Waals surface area contributed by atoms with E-state index in [4.69, 9.17) is 0 Å². The molecule has 1 atom stereocenters. The number of aliphatic hydroxyl groups is 1. The first kappa shape index (κ1) is 11.6. The predicted octanol–water partition coefficient (Wildman–Crippen LogP) is 2.09. The summed E-state index contributed by atoms with van der Waals surface area (Å²) in [4.78, 5) is 6.24. The van der Waals surface area contributed by atoms with Gasteiger partial charge in [0, 0.05) is 23.2 Å². The molecular formula is C16H13FN2O. The van der Waals surface area contributed by atoms with Crippen molar-refractivity contribution in [3.8, 4) is 0 Å². The molecular weight excluding hydrogens is 255 g/mol. The van der Waals surface area contributed by atoms with Crippen molar-refractivity contribution in [1.82, 2.24) is 4.90 Å². The van der Waals surface area contributed by atoms with Crippen LogP contribution in [-0.2, 0) is 5.72 Å². The predicted molar refractivity (Wildman–Crippen MR) is 74.0 cm³/mol. The van der Waals surface area contributed by atoms with Crippen molar-refractivity contribution < 1.29 is 9.50 Å². The average molecular weight is 268 g/mol. The maximum Gasteiger partial charge on any atom is 0.196 e. The molecule has 0 spiro atoms. The molecule has 1 unspecified atom stereocenters. The highest BCUT2D eigenvalue weighted by atomic mass is 19.1. The molecule has 2 aromatic carbocycles. The average Bonchev–Trinajstić information content (AvgIpc) is 3.04. The molecule has 0 aliphatic carbocycles. The minimum atomic E-state index is -1.46. The quantitative estimate of drug-likeness (QED) is 0.859. The fraction of sp³-hybridized carbons (Fsp3) is 0.188. The van der Waals surface area contributed by atoms with Crippen molar-refractivity contribution in [3.63, 3.8) is 0 Å². The number of amidine groups is 1. The number of aliphatic imine (C=N–C) groups is 1. The van der Waals surface area contributed by atoms with E-state index in [1.165, 1.54) is 6.07 Å². The van der Waals surface area contributed by atoms with Gasteiger partial charge in [0.05, 0.1) is 6.54 Å². The van der Waals surface area contributed by atoms with Crippen molar-refractivity contribution in [3.05, 3.63) is 71.0 Å². The zero-order chi connectivity index (χ0) is 13.7. The first-order valence-electron chi connectivity index (χ1n) is 6.62. The summed E-state index contributed by atoms with van der Waals surface area (Å²) in [5.41, 5.74) is 0.399. The van der Waals surface area contributed by atoms with Crippen LogP contribution >= 0.6 is 0 Å². The second-order valence-corrected chi connectivity index (χ2v) is 5.05. The number of hydrogen-bond donors (Lipinski definition) is 1. The molecule has 2 aliphatic heterocycles. The van der Waals surface area contributed by atoms with E-state index >= 15 is 0 Å². The Morgan fingerprint density at radius 1 is 1.05 bits per heavy atom. The lowest BCUT2D eigenvalue weighted by Gasteiger charge is -2.34. The highest BCUT2D eigenvalue weighted by Gasteiger charge is 2.50. The molecule has 2 aromatic rings. The summed E-state index contributed by atoms with van der Waals surface area (Å²) in [7, 11) is 0. The third-order valence-electron chi connectivity index (χ3n) is 4.02. The van der Waals surface area contributed by atoms with Gasteiger partial charge in [0.15, 0.2) is 5.72 Å². The van der Waals surface area contributed by atoms with Crippen LogP contribution in [-0.4, -0.2) is 28.9 Å². The molecule has 0 bridgehead atoms.